The highest BCUT2D eigenvalue weighted by Crippen LogP contribution is 2.18. The van der Waals surface area contributed by atoms with Gasteiger partial charge >= 0.3 is 5.97 Å². The molecule has 0 aliphatic heterocycles. The van der Waals surface area contributed by atoms with E-state index < -0.39 is 17.6 Å². The molecule has 0 saturated heterocycles. The molecule has 0 saturated carbocycles. The monoisotopic (exact) mass is 297 g/mol. The first-order chi connectivity index (χ1) is 9.45. The van der Waals surface area contributed by atoms with Gasteiger partial charge in [0.2, 0.25) is 0 Å². The maximum Gasteiger partial charge on any atom is 0.338 e. The lowest BCUT2D eigenvalue weighted by atomic mass is 10.2. The van der Waals surface area contributed by atoms with Crippen molar-refractivity contribution in [2.45, 2.75) is 6.61 Å². The van der Waals surface area contributed by atoms with Crippen molar-refractivity contribution in [1.82, 2.24) is 0 Å². The molecule has 0 bridgehead atoms. The van der Waals surface area contributed by atoms with Gasteiger partial charge in [0.25, 0.3) is 0 Å². The van der Waals surface area contributed by atoms with Gasteiger partial charge in [-0.1, -0.05) is 11.6 Å². The van der Waals surface area contributed by atoms with Crippen molar-refractivity contribution in [2.24, 2.45) is 0 Å². The minimum Gasteiger partial charge on any atom is -0.457 e. The minimum atomic E-state index is -0.775. The first-order valence-corrected chi connectivity index (χ1v) is 6.00. The molecule has 0 spiro atoms. The van der Waals surface area contributed by atoms with Gasteiger partial charge in [0.15, 0.2) is 0 Å². The van der Waals surface area contributed by atoms with E-state index in [1.165, 1.54) is 24.3 Å². The van der Waals surface area contributed by atoms with Gasteiger partial charge in [-0.2, -0.15) is 0 Å². The van der Waals surface area contributed by atoms with Gasteiger partial charge in [0.05, 0.1) is 5.56 Å². The molecule has 0 amide bonds. The highest BCUT2D eigenvalue weighted by molar-refractivity contribution is 6.31. The zero-order valence-electron chi connectivity index (χ0n) is 10.2. The van der Waals surface area contributed by atoms with Gasteiger partial charge in [0.1, 0.15) is 18.2 Å². The molecule has 2 aromatic rings. The molecule has 3 nitrogen and oxygen atoms in total. The maximum absolute atomic E-state index is 13.4. The summed E-state index contributed by atoms with van der Waals surface area (Å²) in [5, 5.41) is 0.296. The van der Waals surface area contributed by atoms with Crippen molar-refractivity contribution in [2.75, 3.05) is 5.73 Å². The third-order valence-electron chi connectivity index (χ3n) is 2.53. The molecule has 6 heteroatoms. The van der Waals surface area contributed by atoms with Crippen LogP contribution in [0.15, 0.2) is 36.4 Å². The second kappa shape index (κ2) is 5.88. The van der Waals surface area contributed by atoms with Gasteiger partial charge in [0, 0.05) is 22.3 Å². The lowest BCUT2D eigenvalue weighted by Crippen LogP contribution is -2.07. The Morgan fingerprint density at radius 1 is 1.20 bits per heavy atom. The molecule has 2 aromatic carbocycles. The number of nitrogens with two attached hydrogens (primary N) is 1. The Morgan fingerprint density at radius 3 is 2.60 bits per heavy atom. The summed E-state index contributed by atoms with van der Waals surface area (Å²) in [5.74, 6) is -2.16. The molecule has 0 fully saturated rings. The van der Waals surface area contributed by atoms with E-state index in [4.69, 9.17) is 22.1 Å². The van der Waals surface area contributed by atoms with E-state index in [0.29, 0.717) is 10.7 Å². The van der Waals surface area contributed by atoms with E-state index in [9.17, 15) is 13.6 Å². The number of halogens is 3. The number of rotatable bonds is 3. The number of anilines is 1. The van der Waals surface area contributed by atoms with E-state index in [0.717, 1.165) is 12.1 Å². The summed E-state index contributed by atoms with van der Waals surface area (Å²) in [4.78, 5) is 11.8. The van der Waals surface area contributed by atoms with Gasteiger partial charge in [-0.25, -0.2) is 13.6 Å². The molecule has 104 valence electrons. The van der Waals surface area contributed by atoms with E-state index in [1.54, 1.807) is 0 Å². The molecular weight excluding hydrogens is 288 g/mol. The SMILES string of the molecule is Nc1cc(Cl)cc(C(=O)OCc2ccc(F)cc2F)c1. The second-order valence-corrected chi connectivity index (χ2v) is 4.52. The molecule has 2 rings (SSSR count). The normalized spacial score (nSPS) is 10.3. The highest BCUT2D eigenvalue weighted by Gasteiger charge is 2.11. The van der Waals surface area contributed by atoms with Crippen LogP contribution in [0.2, 0.25) is 5.02 Å². The Labute approximate surface area is 118 Å². The van der Waals surface area contributed by atoms with E-state index in [-0.39, 0.29) is 17.7 Å². The van der Waals surface area contributed by atoms with Crippen molar-refractivity contribution in [3.63, 3.8) is 0 Å². The Bertz CT molecular complexity index is 641. The van der Waals surface area contributed by atoms with Crippen LogP contribution >= 0.6 is 11.6 Å². The minimum absolute atomic E-state index is 0.0785. The van der Waals surface area contributed by atoms with Crippen LogP contribution in [0.4, 0.5) is 14.5 Å². The topological polar surface area (TPSA) is 52.3 Å². The fraction of sp³-hybridized carbons (Fsp3) is 0.0714. The average molecular weight is 298 g/mol. The number of carbonyl (C=O) groups is 1. The number of ether oxygens (including phenoxy) is 1. The summed E-state index contributed by atoms with van der Waals surface area (Å²) >= 11 is 5.76. The largest absolute Gasteiger partial charge is 0.457 e. The number of hydrogen-bond donors (Lipinski definition) is 1. The second-order valence-electron chi connectivity index (χ2n) is 4.09. The standard InChI is InChI=1S/C14H10ClF2NO2/c15-10-3-9(4-12(18)5-10)14(19)20-7-8-1-2-11(16)6-13(8)17/h1-6H,7,18H2. The molecule has 0 atom stereocenters. The molecule has 0 aromatic heterocycles. The first-order valence-electron chi connectivity index (χ1n) is 5.63. The Balaban J connectivity index is 2.08. The van der Waals surface area contributed by atoms with Crippen LogP contribution in [0, 0.1) is 11.6 Å². The predicted molar refractivity (Wildman–Crippen MR) is 71.3 cm³/mol. The third kappa shape index (κ3) is 3.45. The number of hydrogen-bond acceptors (Lipinski definition) is 3. The fourth-order valence-electron chi connectivity index (χ4n) is 1.60. The van der Waals surface area contributed by atoms with Crippen molar-refractivity contribution >= 4 is 23.3 Å². The number of carbonyl (C=O) groups excluding carboxylic acids is 1. The molecular formula is C14H10ClF2NO2. The van der Waals surface area contributed by atoms with Crippen LogP contribution < -0.4 is 5.73 Å². The Morgan fingerprint density at radius 2 is 1.95 bits per heavy atom. The summed E-state index contributed by atoms with van der Waals surface area (Å²) in [6.45, 7) is -0.308. The lowest BCUT2D eigenvalue weighted by molar-refractivity contribution is 0.0469. The highest BCUT2D eigenvalue weighted by atomic mass is 35.5. The van der Waals surface area contributed by atoms with Gasteiger partial charge in [-0.3, -0.25) is 0 Å². The van der Waals surface area contributed by atoms with E-state index >= 15 is 0 Å². The molecule has 2 N–H and O–H groups in total. The van der Waals surface area contributed by atoms with Crippen LogP contribution in [0.5, 0.6) is 0 Å². The van der Waals surface area contributed by atoms with Crippen LogP contribution in [0.25, 0.3) is 0 Å². The van der Waals surface area contributed by atoms with Gasteiger partial charge in [-0.15, -0.1) is 0 Å². The molecule has 0 aliphatic carbocycles. The summed E-state index contributed by atoms with van der Waals surface area (Å²) in [7, 11) is 0. The van der Waals surface area contributed by atoms with Crippen LogP contribution in [-0.2, 0) is 11.3 Å². The maximum atomic E-state index is 13.4. The number of benzene rings is 2. The van der Waals surface area contributed by atoms with E-state index in [2.05, 4.69) is 0 Å². The number of nitrogen functional groups attached to an aromatic ring is 1. The molecule has 0 heterocycles. The third-order valence-corrected chi connectivity index (χ3v) is 2.75. The molecule has 0 radical (unpaired) electrons. The van der Waals surface area contributed by atoms with Crippen molar-refractivity contribution in [1.29, 1.82) is 0 Å². The molecule has 20 heavy (non-hydrogen) atoms. The predicted octanol–water partition coefficient (Wildman–Crippen LogP) is 3.56. The quantitative estimate of drug-likeness (QED) is 0.696. The van der Waals surface area contributed by atoms with Crippen LogP contribution in [0.1, 0.15) is 15.9 Å². The summed E-state index contributed by atoms with van der Waals surface area (Å²) in [6, 6.07) is 7.29. The summed E-state index contributed by atoms with van der Waals surface area (Å²) in [5.41, 5.74) is 6.11. The van der Waals surface area contributed by atoms with Crippen LogP contribution in [0.3, 0.4) is 0 Å². The molecule has 0 unspecified atom stereocenters. The summed E-state index contributed by atoms with van der Waals surface area (Å²) in [6.07, 6.45) is 0. The summed E-state index contributed by atoms with van der Waals surface area (Å²) < 4.78 is 31.0. The molecule has 0 aliphatic rings. The zero-order valence-corrected chi connectivity index (χ0v) is 11.0. The Kier molecular flexibility index (Phi) is 4.20. The fourth-order valence-corrected chi connectivity index (χ4v) is 1.84. The number of esters is 1. The van der Waals surface area contributed by atoms with Gasteiger partial charge in [-0.05, 0) is 30.3 Å². The van der Waals surface area contributed by atoms with Crippen molar-refractivity contribution in [3.05, 3.63) is 64.2 Å². The van der Waals surface area contributed by atoms with Crippen LogP contribution in [-0.4, -0.2) is 5.97 Å². The Hall–Kier alpha value is -2.14. The van der Waals surface area contributed by atoms with Crippen molar-refractivity contribution < 1.29 is 18.3 Å². The average Bonchev–Trinajstić information content (AvgIpc) is 2.36. The van der Waals surface area contributed by atoms with Crippen molar-refractivity contribution in [3.8, 4) is 0 Å². The van der Waals surface area contributed by atoms with Gasteiger partial charge < -0.3 is 10.5 Å². The first kappa shape index (κ1) is 14.3. The lowest BCUT2D eigenvalue weighted by Gasteiger charge is -2.07. The zero-order chi connectivity index (χ0) is 14.7. The van der Waals surface area contributed by atoms with E-state index in [1.807, 2.05) is 0 Å². The smallest absolute Gasteiger partial charge is 0.338 e.